The topological polar surface area (TPSA) is 9.23 Å². The maximum absolute atomic E-state index is 14.7. The van der Waals surface area contributed by atoms with Gasteiger partial charge in [-0.3, -0.25) is 0 Å². The highest BCUT2D eigenvalue weighted by Crippen LogP contribution is 2.41. The second kappa shape index (κ2) is 9.06. The van der Waals surface area contributed by atoms with Gasteiger partial charge in [0.2, 0.25) is 0 Å². The van der Waals surface area contributed by atoms with Crippen molar-refractivity contribution < 1.29 is 48.6 Å². The first kappa shape index (κ1) is 25.2. The molecule has 1 saturated carbocycles. The summed E-state index contributed by atoms with van der Waals surface area (Å²) in [6.45, 7) is 2.06. The average molecular weight is 488 g/mol. The molecule has 0 N–H and O–H groups in total. The predicted molar refractivity (Wildman–Crippen MR) is 98.6 cm³/mol. The molecule has 33 heavy (non-hydrogen) atoms. The lowest BCUT2D eigenvalue weighted by molar-refractivity contribution is -0.306. The van der Waals surface area contributed by atoms with E-state index in [4.69, 9.17) is 0 Å². The number of halogens is 10. The summed E-state index contributed by atoms with van der Waals surface area (Å²) < 4.78 is 137. The van der Waals surface area contributed by atoms with Crippen LogP contribution in [0.25, 0.3) is 11.1 Å². The first-order chi connectivity index (χ1) is 15.2. The molecule has 2 aromatic carbocycles. The molecule has 0 spiro atoms. The van der Waals surface area contributed by atoms with E-state index < -0.39 is 58.6 Å². The maximum Gasteiger partial charge on any atom is 0.439 e. The van der Waals surface area contributed by atoms with Crippen molar-refractivity contribution in [2.24, 2.45) is 5.92 Å². The summed E-state index contributed by atoms with van der Waals surface area (Å²) in [5.74, 6) is -7.97. The lowest BCUT2D eigenvalue weighted by Crippen LogP contribution is -2.46. The van der Waals surface area contributed by atoms with Crippen molar-refractivity contribution in [3.63, 3.8) is 0 Å². The van der Waals surface area contributed by atoms with Gasteiger partial charge in [0.1, 0.15) is 11.6 Å². The first-order valence-electron chi connectivity index (χ1n) is 9.96. The normalized spacial score (nSPS) is 20.6. The summed E-state index contributed by atoms with van der Waals surface area (Å²) in [7, 11) is 0. The van der Waals surface area contributed by atoms with E-state index in [1.807, 2.05) is 0 Å². The SMILES string of the molecule is CC1CCC(c2cc(F)c(-c3cc(F)c(OC(F)(F)C(F)C(F)(F)F)c(F)c3)c(F)c2)CC1. The van der Waals surface area contributed by atoms with Gasteiger partial charge in [0, 0.05) is 0 Å². The Morgan fingerprint density at radius 2 is 1.27 bits per heavy atom. The standard InChI is InChI=1S/C22H18F10O/c1-10-2-4-11(5-3-10)12-6-14(23)18(15(24)7-12)13-8-16(25)19(17(26)9-13)33-22(31,32)20(27)21(28,29)30/h6-11,20H,2-5H2,1H3. The minimum absolute atomic E-state index is 0.104. The zero-order valence-corrected chi connectivity index (χ0v) is 17.1. The summed E-state index contributed by atoms with van der Waals surface area (Å²) in [6, 6.07) is 2.45. The van der Waals surface area contributed by atoms with Gasteiger partial charge in [-0.2, -0.15) is 22.0 Å². The van der Waals surface area contributed by atoms with Crippen molar-refractivity contribution in [2.45, 2.75) is 57.0 Å². The van der Waals surface area contributed by atoms with Crippen molar-refractivity contribution in [3.8, 4) is 16.9 Å². The third-order valence-electron chi connectivity index (χ3n) is 5.66. The van der Waals surface area contributed by atoms with Gasteiger partial charge in [0.25, 0.3) is 6.17 Å². The predicted octanol–water partition coefficient (Wildman–Crippen LogP) is 8.08. The lowest BCUT2D eigenvalue weighted by Gasteiger charge is -2.27. The van der Waals surface area contributed by atoms with Crippen LogP contribution in [-0.2, 0) is 0 Å². The largest absolute Gasteiger partial charge is 0.439 e. The molecule has 1 atom stereocenters. The minimum atomic E-state index is -6.07. The van der Waals surface area contributed by atoms with E-state index in [1.165, 1.54) is 0 Å². The van der Waals surface area contributed by atoms with Gasteiger partial charge < -0.3 is 4.74 Å². The molecule has 11 heteroatoms. The van der Waals surface area contributed by atoms with Gasteiger partial charge in [-0.15, -0.1) is 0 Å². The van der Waals surface area contributed by atoms with Crippen LogP contribution < -0.4 is 4.74 Å². The Morgan fingerprint density at radius 1 is 0.788 bits per heavy atom. The highest BCUT2D eigenvalue weighted by atomic mass is 19.4. The van der Waals surface area contributed by atoms with Crippen LogP contribution in [0.1, 0.15) is 44.1 Å². The second-order valence-corrected chi connectivity index (χ2v) is 8.15. The van der Waals surface area contributed by atoms with Crippen LogP contribution in [0.15, 0.2) is 24.3 Å². The molecule has 1 fully saturated rings. The minimum Gasteiger partial charge on any atom is -0.424 e. The molecule has 1 aliphatic carbocycles. The Kier molecular flexibility index (Phi) is 6.91. The first-order valence-corrected chi connectivity index (χ1v) is 9.96. The molecule has 2 aromatic rings. The highest BCUT2D eigenvalue weighted by molar-refractivity contribution is 5.66. The van der Waals surface area contributed by atoms with Crippen LogP contribution in [0.3, 0.4) is 0 Å². The average Bonchev–Trinajstić information content (AvgIpc) is 2.69. The fourth-order valence-electron chi connectivity index (χ4n) is 3.88. The zero-order valence-electron chi connectivity index (χ0n) is 17.1. The number of ether oxygens (including phenoxy) is 1. The Balaban J connectivity index is 1.92. The number of alkyl halides is 6. The van der Waals surface area contributed by atoms with Gasteiger partial charge in [-0.1, -0.05) is 19.8 Å². The fourth-order valence-corrected chi connectivity index (χ4v) is 3.88. The summed E-state index contributed by atoms with van der Waals surface area (Å²) in [4.78, 5) is 0. The monoisotopic (exact) mass is 488 g/mol. The Morgan fingerprint density at radius 3 is 1.73 bits per heavy atom. The van der Waals surface area contributed by atoms with E-state index in [9.17, 15) is 43.9 Å². The molecule has 0 aliphatic heterocycles. The van der Waals surface area contributed by atoms with Crippen molar-refractivity contribution in [1.82, 2.24) is 0 Å². The molecule has 1 aliphatic rings. The van der Waals surface area contributed by atoms with Crippen LogP contribution in [0.2, 0.25) is 0 Å². The maximum atomic E-state index is 14.7. The van der Waals surface area contributed by atoms with Crippen molar-refractivity contribution in [3.05, 3.63) is 53.1 Å². The van der Waals surface area contributed by atoms with Gasteiger partial charge in [0.05, 0.1) is 5.56 Å². The summed E-state index contributed by atoms with van der Waals surface area (Å²) in [6.07, 6.45) is -13.4. The Bertz CT molecular complexity index is 963. The molecule has 0 aromatic heterocycles. The number of hydrogen-bond donors (Lipinski definition) is 0. The number of rotatable bonds is 5. The van der Waals surface area contributed by atoms with Crippen molar-refractivity contribution >= 4 is 0 Å². The third-order valence-corrected chi connectivity index (χ3v) is 5.66. The van der Waals surface area contributed by atoms with Gasteiger partial charge in [-0.05, 0) is 60.1 Å². The second-order valence-electron chi connectivity index (χ2n) is 8.15. The number of benzene rings is 2. The molecule has 0 saturated heterocycles. The zero-order chi connectivity index (χ0) is 24.7. The quantitative estimate of drug-likeness (QED) is 0.387. The molecular formula is C22H18F10O. The molecule has 182 valence electrons. The van der Waals surface area contributed by atoms with Gasteiger partial charge in [-0.25, -0.2) is 22.0 Å². The van der Waals surface area contributed by atoms with E-state index >= 15 is 0 Å². The molecule has 1 unspecified atom stereocenters. The molecule has 1 nitrogen and oxygen atoms in total. The van der Waals surface area contributed by atoms with Crippen LogP contribution in [0, 0.1) is 29.2 Å². The third kappa shape index (κ3) is 5.38. The summed E-state index contributed by atoms with van der Waals surface area (Å²) in [5.41, 5.74) is -1.24. The van der Waals surface area contributed by atoms with Crippen LogP contribution in [0.4, 0.5) is 43.9 Å². The molecule has 0 radical (unpaired) electrons. The van der Waals surface area contributed by atoms with Gasteiger partial charge >= 0.3 is 12.3 Å². The fraction of sp³-hybridized carbons (Fsp3) is 0.455. The van der Waals surface area contributed by atoms with E-state index in [0.29, 0.717) is 24.3 Å². The summed E-state index contributed by atoms with van der Waals surface area (Å²) >= 11 is 0. The van der Waals surface area contributed by atoms with Crippen LogP contribution in [0.5, 0.6) is 5.75 Å². The van der Waals surface area contributed by atoms with E-state index in [-0.39, 0.29) is 18.1 Å². The van der Waals surface area contributed by atoms with Crippen LogP contribution in [-0.4, -0.2) is 18.5 Å². The molecule has 0 heterocycles. The Labute approximate surface area is 182 Å². The van der Waals surface area contributed by atoms with E-state index in [2.05, 4.69) is 11.7 Å². The van der Waals surface area contributed by atoms with Gasteiger partial charge in [0.15, 0.2) is 17.4 Å². The molecule has 0 amide bonds. The smallest absolute Gasteiger partial charge is 0.424 e. The molecular weight excluding hydrogens is 470 g/mol. The van der Waals surface area contributed by atoms with E-state index in [1.54, 1.807) is 0 Å². The van der Waals surface area contributed by atoms with Crippen LogP contribution >= 0.6 is 0 Å². The highest BCUT2D eigenvalue weighted by Gasteiger charge is 2.59. The number of hydrogen-bond acceptors (Lipinski definition) is 1. The van der Waals surface area contributed by atoms with Crippen molar-refractivity contribution in [2.75, 3.05) is 0 Å². The van der Waals surface area contributed by atoms with E-state index in [0.717, 1.165) is 25.0 Å². The lowest BCUT2D eigenvalue weighted by atomic mass is 9.79. The van der Waals surface area contributed by atoms with Crippen molar-refractivity contribution in [1.29, 1.82) is 0 Å². The molecule has 0 bridgehead atoms. The molecule has 3 rings (SSSR count). The summed E-state index contributed by atoms with van der Waals surface area (Å²) in [5, 5.41) is 0. The Hall–Kier alpha value is -2.46.